The minimum Gasteiger partial charge on any atom is -0.493 e. The number of carbonyl (C=O) groups is 1. The molecular weight excluding hydrogens is 495 g/mol. The highest BCUT2D eigenvalue weighted by Gasteiger charge is 2.27. The van der Waals surface area contributed by atoms with Gasteiger partial charge >= 0.3 is 5.97 Å². The fourth-order valence-electron chi connectivity index (χ4n) is 3.39. The van der Waals surface area contributed by atoms with Gasteiger partial charge in [-0.1, -0.05) is 53.0 Å². The van der Waals surface area contributed by atoms with Gasteiger partial charge in [0, 0.05) is 12.1 Å². The van der Waals surface area contributed by atoms with Crippen LogP contribution in [0.1, 0.15) is 22.3 Å². The van der Waals surface area contributed by atoms with Crippen LogP contribution in [0.15, 0.2) is 65.3 Å². The number of benzene rings is 3. The van der Waals surface area contributed by atoms with Crippen molar-refractivity contribution >= 4 is 46.8 Å². The van der Waals surface area contributed by atoms with Crippen molar-refractivity contribution in [3.05, 3.63) is 103 Å². The third-order valence-corrected chi connectivity index (χ3v) is 5.64. The summed E-state index contributed by atoms with van der Waals surface area (Å²) in [5.41, 5.74) is 2.49. The Hall–Kier alpha value is -3.88. The van der Waals surface area contributed by atoms with Gasteiger partial charge in [-0.3, -0.25) is 10.1 Å². The van der Waals surface area contributed by atoms with E-state index in [0.717, 1.165) is 11.1 Å². The summed E-state index contributed by atoms with van der Waals surface area (Å²) >= 11 is 12.6. The van der Waals surface area contributed by atoms with Gasteiger partial charge in [0.05, 0.1) is 27.6 Å². The van der Waals surface area contributed by atoms with Crippen LogP contribution in [0.5, 0.6) is 11.5 Å². The van der Waals surface area contributed by atoms with Crippen LogP contribution in [0.2, 0.25) is 10.0 Å². The fraction of sp³-hybridized carbons (Fsp3) is 0.120. The maximum absolute atomic E-state index is 12.4. The molecule has 0 spiro atoms. The van der Waals surface area contributed by atoms with Crippen LogP contribution in [0.4, 0.5) is 5.69 Å². The van der Waals surface area contributed by atoms with Gasteiger partial charge in [-0.05, 0) is 42.3 Å². The number of nitro benzene ring substituents is 1. The highest BCUT2D eigenvalue weighted by atomic mass is 35.5. The van der Waals surface area contributed by atoms with Crippen LogP contribution in [0.25, 0.3) is 6.08 Å². The molecule has 0 radical (unpaired) electrons. The van der Waals surface area contributed by atoms with Crippen molar-refractivity contribution in [3.63, 3.8) is 0 Å². The molecule has 0 aromatic heterocycles. The molecular formula is C25H18Cl2N2O6. The van der Waals surface area contributed by atoms with Gasteiger partial charge in [-0.2, -0.15) is 0 Å². The van der Waals surface area contributed by atoms with Gasteiger partial charge in [0.15, 0.2) is 17.2 Å². The van der Waals surface area contributed by atoms with Crippen LogP contribution in [-0.2, 0) is 16.1 Å². The maximum atomic E-state index is 12.4. The van der Waals surface area contributed by atoms with Gasteiger partial charge < -0.3 is 14.2 Å². The Kier molecular flexibility index (Phi) is 7.04. The standard InChI is InChI=1S/C25H18Cl2N2O6/c1-14-4-3-5-15(8-14)13-34-23-20(27)9-16(11-22(23)33-2)10-21-25(30)35-24(28-21)18-12-17(29(31)32)6-7-19(18)26/h3-12H,13H2,1-2H3/b21-10-. The Morgan fingerprint density at radius 1 is 1.11 bits per heavy atom. The van der Waals surface area contributed by atoms with Gasteiger partial charge in [-0.25, -0.2) is 9.79 Å². The van der Waals surface area contributed by atoms with E-state index < -0.39 is 10.9 Å². The summed E-state index contributed by atoms with van der Waals surface area (Å²) < 4.78 is 16.5. The highest BCUT2D eigenvalue weighted by Crippen LogP contribution is 2.38. The first-order chi connectivity index (χ1) is 16.7. The minimum absolute atomic E-state index is 0.0332. The Morgan fingerprint density at radius 3 is 2.63 bits per heavy atom. The summed E-state index contributed by atoms with van der Waals surface area (Å²) in [5, 5.41) is 11.5. The Balaban J connectivity index is 1.62. The number of hydrogen-bond donors (Lipinski definition) is 0. The molecule has 35 heavy (non-hydrogen) atoms. The maximum Gasteiger partial charge on any atom is 0.363 e. The molecule has 0 aliphatic carbocycles. The quantitative estimate of drug-likeness (QED) is 0.163. The predicted molar refractivity (Wildman–Crippen MR) is 132 cm³/mol. The molecule has 0 fully saturated rings. The fourth-order valence-corrected chi connectivity index (χ4v) is 3.87. The van der Waals surface area contributed by atoms with E-state index in [0.29, 0.717) is 23.7 Å². The monoisotopic (exact) mass is 512 g/mol. The normalized spacial score (nSPS) is 14.0. The van der Waals surface area contributed by atoms with Gasteiger partial charge in [0.1, 0.15) is 6.61 Å². The molecule has 1 heterocycles. The molecule has 178 valence electrons. The zero-order chi connectivity index (χ0) is 25.1. The second kappa shape index (κ2) is 10.2. The summed E-state index contributed by atoms with van der Waals surface area (Å²) in [5.74, 6) is -0.141. The smallest absolute Gasteiger partial charge is 0.363 e. The van der Waals surface area contributed by atoms with E-state index in [1.807, 2.05) is 31.2 Å². The number of carbonyl (C=O) groups excluding carboxylic acids is 1. The highest BCUT2D eigenvalue weighted by molar-refractivity contribution is 6.34. The van der Waals surface area contributed by atoms with Crippen molar-refractivity contribution < 1.29 is 23.9 Å². The summed E-state index contributed by atoms with van der Waals surface area (Å²) in [6.07, 6.45) is 1.46. The second-order valence-corrected chi connectivity index (χ2v) is 8.38. The number of rotatable bonds is 7. The molecule has 0 amide bonds. The minimum atomic E-state index is -0.738. The Labute approximate surface area is 210 Å². The van der Waals surface area contributed by atoms with E-state index in [1.54, 1.807) is 12.1 Å². The number of cyclic esters (lactones) is 1. The van der Waals surface area contributed by atoms with Crippen molar-refractivity contribution in [2.45, 2.75) is 13.5 Å². The largest absolute Gasteiger partial charge is 0.493 e. The number of aryl methyl sites for hydroxylation is 1. The molecule has 1 aliphatic heterocycles. The van der Waals surface area contributed by atoms with Crippen molar-refractivity contribution in [2.75, 3.05) is 7.11 Å². The van der Waals surface area contributed by atoms with E-state index in [-0.39, 0.29) is 32.9 Å². The summed E-state index contributed by atoms with van der Waals surface area (Å²) in [6, 6.07) is 14.9. The number of non-ortho nitro benzene ring substituents is 1. The average Bonchev–Trinajstić information content (AvgIpc) is 3.18. The van der Waals surface area contributed by atoms with Crippen molar-refractivity contribution in [3.8, 4) is 11.5 Å². The van der Waals surface area contributed by atoms with Crippen molar-refractivity contribution in [1.82, 2.24) is 0 Å². The molecule has 10 heteroatoms. The number of esters is 1. The number of nitro groups is 1. The molecule has 0 unspecified atom stereocenters. The molecule has 3 aromatic rings. The first kappa shape index (κ1) is 24.3. The van der Waals surface area contributed by atoms with Crippen molar-refractivity contribution in [2.24, 2.45) is 4.99 Å². The zero-order valence-electron chi connectivity index (χ0n) is 18.6. The summed E-state index contributed by atoms with van der Waals surface area (Å²) in [4.78, 5) is 27.1. The number of halogens is 2. The third kappa shape index (κ3) is 5.45. The van der Waals surface area contributed by atoms with Gasteiger partial charge in [0.25, 0.3) is 5.69 Å². The van der Waals surface area contributed by atoms with Gasteiger partial charge in [-0.15, -0.1) is 0 Å². The van der Waals surface area contributed by atoms with Crippen LogP contribution >= 0.6 is 23.2 Å². The molecule has 4 rings (SSSR count). The molecule has 8 nitrogen and oxygen atoms in total. The molecule has 1 aliphatic rings. The Bertz CT molecular complexity index is 1400. The van der Waals surface area contributed by atoms with Crippen molar-refractivity contribution in [1.29, 1.82) is 0 Å². The number of methoxy groups -OCH3 is 1. The lowest BCUT2D eigenvalue weighted by atomic mass is 10.1. The lowest BCUT2D eigenvalue weighted by molar-refractivity contribution is -0.384. The van der Waals surface area contributed by atoms with E-state index in [4.69, 9.17) is 37.4 Å². The molecule has 0 saturated heterocycles. The lowest BCUT2D eigenvalue weighted by Crippen LogP contribution is -2.06. The predicted octanol–water partition coefficient (Wildman–Crippen LogP) is 6.14. The number of aliphatic imine (C=N–C) groups is 1. The number of nitrogens with zero attached hydrogens (tertiary/aromatic N) is 2. The van der Waals surface area contributed by atoms with Crippen LogP contribution < -0.4 is 9.47 Å². The molecule has 0 atom stereocenters. The number of ether oxygens (including phenoxy) is 3. The SMILES string of the molecule is COc1cc(/C=C2\N=C(c3cc([N+](=O)[O-])ccc3Cl)OC2=O)cc(Cl)c1OCc1cccc(C)c1. The molecule has 0 bridgehead atoms. The molecule has 0 N–H and O–H groups in total. The average molecular weight is 513 g/mol. The van der Waals surface area contributed by atoms with Gasteiger partial charge in [0.2, 0.25) is 5.90 Å². The molecule has 0 saturated carbocycles. The second-order valence-electron chi connectivity index (χ2n) is 7.57. The lowest BCUT2D eigenvalue weighted by Gasteiger charge is -2.13. The Morgan fingerprint density at radius 2 is 1.91 bits per heavy atom. The third-order valence-electron chi connectivity index (χ3n) is 5.03. The first-order valence-corrected chi connectivity index (χ1v) is 11.0. The van der Waals surface area contributed by atoms with Crippen LogP contribution in [0, 0.1) is 17.0 Å². The summed E-state index contributed by atoms with van der Waals surface area (Å²) in [7, 11) is 1.48. The zero-order valence-corrected chi connectivity index (χ0v) is 20.1. The molecule has 3 aromatic carbocycles. The first-order valence-electron chi connectivity index (χ1n) is 10.3. The van der Waals surface area contributed by atoms with Crippen LogP contribution in [0.3, 0.4) is 0 Å². The van der Waals surface area contributed by atoms with E-state index >= 15 is 0 Å². The van der Waals surface area contributed by atoms with E-state index in [1.165, 1.54) is 31.4 Å². The van der Waals surface area contributed by atoms with E-state index in [2.05, 4.69) is 4.99 Å². The summed E-state index contributed by atoms with van der Waals surface area (Å²) in [6.45, 7) is 2.29. The topological polar surface area (TPSA) is 100 Å². The number of hydrogen-bond acceptors (Lipinski definition) is 7. The van der Waals surface area contributed by atoms with Crippen LogP contribution in [-0.4, -0.2) is 23.9 Å². The van der Waals surface area contributed by atoms with E-state index in [9.17, 15) is 14.9 Å².